The second-order valence-electron chi connectivity index (χ2n) is 4.78. The van der Waals surface area contributed by atoms with Crippen molar-refractivity contribution in [2.45, 2.75) is 32.8 Å². The van der Waals surface area contributed by atoms with E-state index in [-0.39, 0.29) is 11.8 Å². The SMILES string of the molecule is CCC(CC)Oc1ccc(N/C(=C/C(=O)OC)C(=O)OC)cc1. The smallest absolute Gasteiger partial charge is 0.354 e. The Bertz CT molecular complexity index is 547. The van der Waals surface area contributed by atoms with E-state index in [1.165, 1.54) is 14.2 Å². The summed E-state index contributed by atoms with van der Waals surface area (Å²) < 4.78 is 15.0. The lowest BCUT2D eigenvalue weighted by atomic mass is 10.2. The maximum absolute atomic E-state index is 11.7. The van der Waals surface area contributed by atoms with Gasteiger partial charge < -0.3 is 19.5 Å². The van der Waals surface area contributed by atoms with Crippen LogP contribution in [0.5, 0.6) is 5.75 Å². The first-order valence-electron chi connectivity index (χ1n) is 7.45. The lowest BCUT2D eigenvalue weighted by Crippen LogP contribution is -2.15. The minimum atomic E-state index is -0.659. The summed E-state index contributed by atoms with van der Waals surface area (Å²) in [5, 5.41) is 2.83. The van der Waals surface area contributed by atoms with Crippen molar-refractivity contribution in [2.24, 2.45) is 0 Å². The van der Waals surface area contributed by atoms with Crippen LogP contribution in [0.3, 0.4) is 0 Å². The molecule has 0 heterocycles. The number of hydrogen-bond donors (Lipinski definition) is 1. The monoisotopic (exact) mass is 321 g/mol. The van der Waals surface area contributed by atoms with E-state index in [0.717, 1.165) is 24.7 Å². The Morgan fingerprint density at radius 1 is 1.09 bits per heavy atom. The number of ether oxygens (including phenoxy) is 3. The standard InChI is InChI=1S/C17H23NO5/c1-5-13(6-2)23-14-9-7-12(8-10-14)18-15(17(20)22-4)11-16(19)21-3/h7-11,13,18H,5-6H2,1-4H3/b15-11+. The van der Waals surface area contributed by atoms with Gasteiger partial charge in [0.15, 0.2) is 0 Å². The molecule has 0 aliphatic carbocycles. The van der Waals surface area contributed by atoms with Crippen LogP contribution in [0.15, 0.2) is 36.0 Å². The number of esters is 2. The zero-order chi connectivity index (χ0) is 17.2. The van der Waals surface area contributed by atoms with Gasteiger partial charge in [0.2, 0.25) is 0 Å². The Hall–Kier alpha value is -2.50. The van der Waals surface area contributed by atoms with Gasteiger partial charge in [-0.2, -0.15) is 0 Å². The normalized spacial score (nSPS) is 11.1. The third-order valence-corrected chi connectivity index (χ3v) is 3.22. The van der Waals surface area contributed by atoms with Crippen LogP contribution in [0.2, 0.25) is 0 Å². The third kappa shape index (κ3) is 6.02. The number of anilines is 1. The lowest BCUT2D eigenvalue weighted by Gasteiger charge is -2.16. The second-order valence-corrected chi connectivity index (χ2v) is 4.78. The van der Waals surface area contributed by atoms with E-state index >= 15 is 0 Å². The number of carbonyl (C=O) groups is 2. The number of methoxy groups -OCH3 is 2. The summed E-state index contributed by atoms with van der Waals surface area (Å²) in [5.74, 6) is -0.555. The summed E-state index contributed by atoms with van der Waals surface area (Å²) in [7, 11) is 2.47. The lowest BCUT2D eigenvalue weighted by molar-refractivity contribution is -0.138. The van der Waals surface area contributed by atoms with Gasteiger partial charge in [-0.3, -0.25) is 0 Å². The van der Waals surface area contributed by atoms with Crippen LogP contribution in [0.25, 0.3) is 0 Å². The van der Waals surface area contributed by atoms with Crippen molar-refractivity contribution in [3.05, 3.63) is 36.0 Å². The fourth-order valence-corrected chi connectivity index (χ4v) is 1.85. The van der Waals surface area contributed by atoms with Crippen LogP contribution in [-0.4, -0.2) is 32.3 Å². The van der Waals surface area contributed by atoms with E-state index in [0.29, 0.717) is 5.69 Å². The Morgan fingerprint density at radius 3 is 2.17 bits per heavy atom. The molecule has 0 unspecified atom stereocenters. The molecule has 0 aliphatic rings. The molecule has 0 spiro atoms. The van der Waals surface area contributed by atoms with Gasteiger partial charge in [0, 0.05) is 5.69 Å². The molecular weight excluding hydrogens is 298 g/mol. The number of hydrogen-bond acceptors (Lipinski definition) is 6. The first-order chi connectivity index (χ1) is 11.0. The quantitative estimate of drug-likeness (QED) is 0.586. The van der Waals surface area contributed by atoms with Gasteiger partial charge >= 0.3 is 11.9 Å². The minimum Gasteiger partial charge on any atom is -0.490 e. The predicted molar refractivity (Wildman–Crippen MR) is 87.2 cm³/mol. The highest BCUT2D eigenvalue weighted by Crippen LogP contribution is 2.20. The van der Waals surface area contributed by atoms with Crippen LogP contribution in [-0.2, 0) is 19.1 Å². The fraction of sp³-hybridized carbons (Fsp3) is 0.412. The van der Waals surface area contributed by atoms with Gasteiger partial charge in [-0.05, 0) is 37.1 Å². The summed E-state index contributed by atoms with van der Waals surface area (Å²) >= 11 is 0. The van der Waals surface area contributed by atoms with E-state index in [4.69, 9.17) is 4.74 Å². The maximum atomic E-state index is 11.7. The van der Waals surface area contributed by atoms with Gasteiger partial charge in [0.1, 0.15) is 11.4 Å². The highest BCUT2D eigenvalue weighted by atomic mass is 16.5. The first-order valence-corrected chi connectivity index (χ1v) is 7.45. The summed E-state index contributed by atoms with van der Waals surface area (Å²) in [6.45, 7) is 4.15. The van der Waals surface area contributed by atoms with Crippen molar-refractivity contribution in [3.8, 4) is 5.75 Å². The molecule has 0 amide bonds. The van der Waals surface area contributed by atoms with Crippen LogP contribution < -0.4 is 10.1 Å². The largest absolute Gasteiger partial charge is 0.490 e. The number of benzene rings is 1. The average Bonchev–Trinajstić information content (AvgIpc) is 2.59. The van der Waals surface area contributed by atoms with Gasteiger partial charge in [-0.25, -0.2) is 9.59 Å². The molecular formula is C17H23NO5. The molecule has 1 rings (SSSR count). The molecule has 23 heavy (non-hydrogen) atoms. The molecule has 0 fully saturated rings. The summed E-state index contributed by atoms with van der Waals surface area (Å²) in [4.78, 5) is 23.0. The molecule has 0 aromatic heterocycles. The van der Waals surface area contributed by atoms with Crippen LogP contribution in [0.4, 0.5) is 5.69 Å². The molecule has 1 aromatic rings. The molecule has 0 atom stereocenters. The summed E-state index contributed by atoms with van der Waals surface area (Å²) in [5.41, 5.74) is 0.621. The molecule has 0 saturated carbocycles. The summed E-state index contributed by atoms with van der Waals surface area (Å²) in [6, 6.07) is 7.11. The molecule has 126 valence electrons. The molecule has 0 radical (unpaired) electrons. The molecule has 6 heteroatoms. The van der Waals surface area contributed by atoms with Gasteiger partial charge in [-0.15, -0.1) is 0 Å². The number of rotatable bonds is 8. The highest BCUT2D eigenvalue weighted by Gasteiger charge is 2.13. The van der Waals surface area contributed by atoms with E-state index in [1.54, 1.807) is 24.3 Å². The Labute approximate surface area is 136 Å². The van der Waals surface area contributed by atoms with Gasteiger partial charge in [0.25, 0.3) is 0 Å². The Balaban J connectivity index is 2.83. The fourth-order valence-electron chi connectivity index (χ4n) is 1.85. The van der Waals surface area contributed by atoms with E-state index < -0.39 is 11.9 Å². The molecule has 6 nitrogen and oxygen atoms in total. The first kappa shape index (κ1) is 18.5. The van der Waals surface area contributed by atoms with Crippen molar-refractivity contribution in [3.63, 3.8) is 0 Å². The molecule has 1 N–H and O–H groups in total. The van der Waals surface area contributed by atoms with Crippen molar-refractivity contribution in [1.29, 1.82) is 0 Å². The topological polar surface area (TPSA) is 73.9 Å². The molecule has 0 aliphatic heterocycles. The van der Waals surface area contributed by atoms with Crippen molar-refractivity contribution < 1.29 is 23.8 Å². The van der Waals surface area contributed by atoms with E-state index in [2.05, 4.69) is 28.6 Å². The van der Waals surface area contributed by atoms with Crippen LogP contribution >= 0.6 is 0 Å². The zero-order valence-corrected chi connectivity index (χ0v) is 13.9. The number of carbonyl (C=O) groups excluding carboxylic acids is 2. The molecule has 0 saturated heterocycles. The van der Waals surface area contributed by atoms with E-state index in [1.807, 2.05) is 0 Å². The van der Waals surface area contributed by atoms with Crippen LogP contribution in [0, 0.1) is 0 Å². The maximum Gasteiger partial charge on any atom is 0.354 e. The van der Waals surface area contributed by atoms with Crippen molar-refractivity contribution in [2.75, 3.05) is 19.5 Å². The van der Waals surface area contributed by atoms with Crippen LogP contribution in [0.1, 0.15) is 26.7 Å². The van der Waals surface area contributed by atoms with E-state index in [9.17, 15) is 9.59 Å². The number of nitrogens with one attached hydrogen (secondary N) is 1. The average molecular weight is 321 g/mol. The zero-order valence-electron chi connectivity index (χ0n) is 13.9. The highest BCUT2D eigenvalue weighted by molar-refractivity contribution is 5.98. The Kier molecular flexibility index (Phi) is 7.66. The Morgan fingerprint density at radius 2 is 1.70 bits per heavy atom. The third-order valence-electron chi connectivity index (χ3n) is 3.22. The van der Waals surface area contributed by atoms with Gasteiger partial charge in [0.05, 0.1) is 26.4 Å². The molecule has 0 bridgehead atoms. The predicted octanol–water partition coefficient (Wildman–Crippen LogP) is 2.90. The summed E-state index contributed by atoms with van der Waals surface area (Å²) in [6.07, 6.45) is 3.09. The van der Waals surface area contributed by atoms with Gasteiger partial charge in [-0.1, -0.05) is 13.8 Å². The van der Waals surface area contributed by atoms with Crippen molar-refractivity contribution in [1.82, 2.24) is 0 Å². The van der Waals surface area contributed by atoms with Crippen molar-refractivity contribution >= 4 is 17.6 Å². The minimum absolute atomic E-state index is 0.00647. The second kappa shape index (κ2) is 9.50. The molecule has 1 aromatic carbocycles.